The van der Waals surface area contributed by atoms with Crippen molar-refractivity contribution >= 4 is 0 Å². The number of nitrogens with one attached hydrogen (secondary N) is 1. The Labute approximate surface area is 138 Å². The lowest BCUT2D eigenvalue weighted by molar-refractivity contribution is 0.481. The van der Waals surface area contributed by atoms with E-state index in [2.05, 4.69) is 35.7 Å². The first-order chi connectivity index (χ1) is 11.3. The van der Waals surface area contributed by atoms with Gasteiger partial charge in [0.25, 0.3) is 0 Å². The molecule has 0 bridgehead atoms. The van der Waals surface area contributed by atoms with Crippen LogP contribution in [0, 0.1) is 29.1 Å². The Kier molecular flexibility index (Phi) is 3.67. The van der Waals surface area contributed by atoms with Crippen LogP contribution in [0.3, 0.4) is 0 Å². The summed E-state index contributed by atoms with van der Waals surface area (Å²) in [4.78, 5) is 0. The maximum Gasteiger partial charge on any atom is 0.107 e. The van der Waals surface area contributed by atoms with Crippen LogP contribution < -0.4 is 5.32 Å². The van der Waals surface area contributed by atoms with Gasteiger partial charge in [-0.25, -0.2) is 0 Å². The maximum absolute atomic E-state index is 10.2. The molecule has 1 N–H and O–H groups in total. The van der Waals surface area contributed by atoms with Crippen molar-refractivity contribution in [3.05, 3.63) is 71.8 Å². The van der Waals surface area contributed by atoms with E-state index < -0.39 is 5.41 Å². The molecule has 116 valence electrons. The lowest BCUT2D eigenvalue weighted by Crippen LogP contribution is -2.26. The SMILES string of the molecule is N#CC(CCC1C2CNCC12)(c1ccccc1)c1ccccc1. The van der Waals surface area contributed by atoms with E-state index in [9.17, 15) is 5.26 Å². The van der Waals surface area contributed by atoms with Gasteiger partial charge in [0.05, 0.1) is 6.07 Å². The van der Waals surface area contributed by atoms with E-state index in [1.54, 1.807) is 0 Å². The molecule has 1 saturated carbocycles. The molecule has 2 aromatic rings. The quantitative estimate of drug-likeness (QED) is 0.913. The largest absolute Gasteiger partial charge is 0.316 e. The second-order valence-electron chi connectivity index (χ2n) is 6.94. The summed E-state index contributed by atoms with van der Waals surface area (Å²) >= 11 is 0. The van der Waals surface area contributed by atoms with E-state index in [0.29, 0.717) is 0 Å². The molecule has 1 saturated heterocycles. The zero-order chi connectivity index (χ0) is 15.7. The smallest absolute Gasteiger partial charge is 0.107 e. The summed E-state index contributed by atoms with van der Waals surface area (Å²) in [6.07, 6.45) is 2.06. The fraction of sp³-hybridized carbons (Fsp3) is 0.381. The Balaban J connectivity index is 1.64. The highest BCUT2D eigenvalue weighted by molar-refractivity contribution is 5.45. The van der Waals surface area contributed by atoms with Crippen LogP contribution in [0.1, 0.15) is 24.0 Å². The predicted octanol–water partition coefficient (Wildman–Crippen LogP) is 3.74. The average Bonchev–Trinajstić information content (AvgIpc) is 3.05. The number of benzene rings is 2. The highest BCUT2D eigenvalue weighted by Crippen LogP contribution is 2.53. The lowest BCUT2D eigenvalue weighted by Gasteiger charge is -2.28. The van der Waals surface area contributed by atoms with Gasteiger partial charge in [0.2, 0.25) is 0 Å². The minimum absolute atomic E-state index is 0.521. The molecule has 1 aliphatic heterocycles. The number of rotatable bonds is 5. The Morgan fingerprint density at radius 3 is 1.91 bits per heavy atom. The molecule has 1 heterocycles. The third-order valence-electron chi connectivity index (χ3n) is 5.85. The number of nitrogens with zero attached hydrogens (tertiary/aromatic N) is 1. The second-order valence-corrected chi connectivity index (χ2v) is 6.94. The summed E-state index contributed by atoms with van der Waals surface area (Å²) in [5, 5.41) is 13.6. The van der Waals surface area contributed by atoms with Gasteiger partial charge < -0.3 is 5.32 Å². The molecule has 2 heteroatoms. The van der Waals surface area contributed by atoms with E-state index in [-0.39, 0.29) is 0 Å². The normalized spacial score (nSPS) is 25.6. The summed E-state index contributed by atoms with van der Waals surface area (Å²) in [5.41, 5.74) is 1.72. The molecule has 2 unspecified atom stereocenters. The van der Waals surface area contributed by atoms with Crippen molar-refractivity contribution in [2.75, 3.05) is 13.1 Å². The summed E-state index contributed by atoms with van der Waals surface area (Å²) in [6, 6.07) is 23.3. The predicted molar refractivity (Wildman–Crippen MR) is 91.9 cm³/mol. The van der Waals surface area contributed by atoms with Crippen molar-refractivity contribution in [3.63, 3.8) is 0 Å². The first-order valence-electron chi connectivity index (χ1n) is 8.58. The number of fused-ring (bicyclic) bond motifs is 1. The summed E-state index contributed by atoms with van der Waals surface area (Å²) in [5.74, 6) is 2.53. The standard InChI is InChI=1S/C21H22N2/c22-15-21(16-7-3-1-4-8-16,17-9-5-2-6-10-17)12-11-18-19-13-23-14-20(18)19/h1-10,18-20,23H,11-14H2. The molecule has 0 radical (unpaired) electrons. The van der Waals surface area contributed by atoms with Gasteiger partial charge in [0.15, 0.2) is 0 Å². The fourth-order valence-corrected chi connectivity index (χ4v) is 4.44. The van der Waals surface area contributed by atoms with E-state index in [4.69, 9.17) is 0 Å². The van der Waals surface area contributed by atoms with Gasteiger partial charge >= 0.3 is 0 Å². The fourth-order valence-electron chi connectivity index (χ4n) is 4.44. The van der Waals surface area contributed by atoms with E-state index in [1.165, 1.54) is 13.1 Å². The topological polar surface area (TPSA) is 35.8 Å². The zero-order valence-electron chi connectivity index (χ0n) is 13.3. The van der Waals surface area contributed by atoms with Crippen LogP contribution in [0.4, 0.5) is 0 Å². The molecule has 0 aromatic heterocycles. The number of piperidine rings is 1. The minimum Gasteiger partial charge on any atom is -0.316 e. The molecule has 4 rings (SSSR count). The molecular formula is C21H22N2. The molecule has 0 amide bonds. The Hall–Kier alpha value is -2.11. The maximum atomic E-state index is 10.2. The second kappa shape index (κ2) is 5.83. The molecule has 0 spiro atoms. The van der Waals surface area contributed by atoms with Crippen molar-refractivity contribution < 1.29 is 0 Å². The van der Waals surface area contributed by atoms with Gasteiger partial charge in [-0.1, -0.05) is 60.7 Å². The highest BCUT2D eigenvalue weighted by atomic mass is 15.0. The van der Waals surface area contributed by atoms with Gasteiger partial charge in [-0.05, 0) is 54.8 Å². The van der Waals surface area contributed by atoms with Gasteiger partial charge in [-0.15, -0.1) is 0 Å². The van der Waals surface area contributed by atoms with Crippen LogP contribution in [0.25, 0.3) is 0 Å². The summed E-state index contributed by atoms with van der Waals surface area (Å²) in [7, 11) is 0. The molecule has 2 aliphatic rings. The highest BCUT2D eigenvalue weighted by Gasteiger charge is 2.53. The zero-order valence-corrected chi connectivity index (χ0v) is 13.3. The van der Waals surface area contributed by atoms with Crippen molar-refractivity contribution in [2.45, 2.75) is 18.3 Å². The van der Waals surface area contributed by atoms with Crippen LogP contribution in [-0.4, -0.2) is 13.1 Å². The molecule has 2 fully saturated rings. The number of nitriles is 1. The van der Waals surface area contributed by atoms with Gasteiger partial charge in [0.1, 0.15) is 5.41 Å². The average molecular weight is 302 g/mol. The van der Waals surface area contributed by atoms with Gasteiger partial charge in [0, 0.05) is 0 Å². The van der Waals surface area contributed by atoms with Crippen LogP contribution in [-0.2, 0) is 5.41 Å². The molecule has 1 aliphatic carbocycles. The van der Waals surface area contributed by atoms with Crippen LogP contribution in [0.15, 0.2) is 60.7 Å². The van der Waals surface area contributed by atoms with Gasteiger partial charge in [-0.3, -0.25) is 0 Å². The van der Waals surface area contributed by atoms with Crippen molar-refractivity contribution in [3.8, 4) is 6.07 Å². The van der Waals surface area contributed by atoms with E-state index in [0.717, 1.165) is 41.7 Å². The van der Waals surface area contributed by atoms with Gasteiger partial charge in [-0.2, -0.15) is 5.26 Å². The third-order valence-corrected chi connectivity index (χ3v) is 5.85. The molecule has 23 heavy (non-hydrogen) atoms. The monoisotopic (exact) mass is 302 g/mol. The van der Waals surface area contributed by atoms with Crippen molar-refractivity contribution in [1.29, 1.82) is 5.26 Å². The Morgan fingerprint density at radius 1 is 0.913 bits per heavy atom. The minimum atomic E-state index is -0.521. The number of hydrogen-bond acceptors (Lipinski definition) is 2. The van der Waals surface area contributed by atoms with Crippen LogP contribution >= 0.6 is 0 Å². The van der Waals surface area contributed by atoms with Crippen molar-refractivity contribution in [1.82, 2.24) is 5.32 Å². The first kappa shape index (κ1) is 14.5. The summed E-state index contributed by atoms with van der Waals surface area (Å²) < 4.78 is 0. The molecule has 2 atom stereocenters. The van der Waals surface area contributed by atoms with E-state index in [1.807, 2.05) is 36.4 Å². The molecular weight excluding hydrogens is 280 g/mol. The lowest BCUT2D eigenvalue weighted by atomic mass is 9.72. The Bertz CT molecular complexity index is 652. The van der Waals surface area contributed by atoms with E-state index >= 15 is 0 Å². The van der Waals surface area contributed by atoms with Crippen molar-refractivity contribution in [2.24, 2.45) is 17.8 Å². The Morgan fingerprint density at radius 2 is 1.43 bits per heavy atom. The molecule has 2 nitrogen and oxygen atoms in total. The summed E-state index contributed by atoms with van der Waals surface area (Å²) in [6.45, 7) is 2.34. The first-order valence-corrected chi connectivity index (χ1v) is 8.58. The van der Waals surface area contributed by atoms with Crippen LogP contribution in [0.2, 0.25) is 0 Å². The third kappa shape index (κ3) is 2.46. The molecule has 2 aromatic carbocycles. The van der Waals surface area contributed by atoms with Crippen LogP contribution in [0.5, 0.6) is 0 Å². The number of hydrogen-bond donors (Lipinski definition) is 1.